The largest absolute Gasteiger partial charge is 0.362 e. The standard InChI is InChI=1S/C13H17N5OS/c1-4-9-7-15-12(20-9)8-14-11-6-5-10(16-17-11)13(19)18(2)3/h5-7H,4,8H2,1-3H3,(H,14,17). The molecule has 0 atom stereocenters. The third-order valence-electron chi connectivity index (χ3n) is 2.66. The van der Waals surface area contributed by atoms with E-state index in [1.54, 1.807) is 37.6 Å². The molecular weight excluding hydrogens is 274 g/mol. The smallest absolute Gasteiger partial charge is 0.273 e. The first kappa shape index (κ1) is 14.4. The molecule has 0 saturated heterocycles. The van der Waals surface area contributed by atoms with E-state index in [-0.39, 0.29) is 5.91 Å². The Bertz CT molecular complexity index is 579. The SMILES string of the molecule is CCc1cnc(CNc2ccc(C(=O)N(C)C)nn2)s1. The van der Waals surface area contributed by atoms with Crippen molar-refractivity contribution >= 4 is 23.1 Å². The minimum Gasteiger partial charge on any atom is -0.362 e. The summed E-state index contributed by atoms with van der Waals surface area (Å²) in [7, 11) is 3.37. The van der Waals surface area contributed by atoms with Gasteiger partial charge in [0.15, 0.2) is 5.69 Å². The lowest BCUT2D eigenvalue weighted by atomic mass is 10.3. The van der Waals surface area contributed by atoms with E-state index in [0.29, 0.717) is 18.1 Å². The highest BCUT2D eigenvalue weighted by Gasteiger charge is 2.10. The number of hydrogen-bond donors (Lipinski definition) is 1. The summed E-state index contributed by atoms with van der Waals surface area (Å²) in [5, 5.41) is 12.1. The zero-order chi connectivity index (χ0) is 14.5. The van der Waals surface area contributed by atoms with E-state index in [4.69, 9.17) is 0 Å². The van der Waals surface area contributed by atoms with Gasteiger partial charge in [-0.1, -0.05) is 6.92 Å². The second kappa shape index (κ2) is 6.42. The highest BCUT2D eigenvalue weighted by atomic mass is 32.1. The maximum atomic E-state index is 11.7. The number of nitrogens with zero attached hydrogens (tertiary/aromatic N) is 4. The first-order chi connectivity index (χ1) is 9.60. The van der Waals surface area contributed by atoms with Gasteiger partial charge in [-0.15, -0.1) is 21.5 Å². The normalized spacial score (nSPS) is 10.3. The van der Waals surface area contributed by atoms with Crippen LogP contribution in [0, 0.1) is 0 Å². The van der Waals surface area contributed by atoms with Crippen molar-refractivity contribution < 1.29 is 4.79 Å². The van der Waals surface area contributed by atoms with Gasteiger partial charge in [-0.05, 0) is 18.6 Å². The predicted octanol–water partition coefficient (Wildman–Crippen LogP) is 1.81. The molecule has 0 aliphatic rings. The topological polar surface area (TPSA) is 71.0 Å². The molecule has 0 aliphatic carbocycles. The molecule has 0 bridgehead atoms. The number of aromatic nitrogens is 3. The molecule has 2 aromatic rings. The van der Waals surface area contributed by atoms with E-state index in [0.717, 1.165) is 11.4 Å². The van der Waals surface area contributed by atoms with E-state index in [2.05, 4.69) is 27.4 Å². The number of carbonyl (C=O) groups excluding carboxylic acids is 1. The van der Waals surface area contributed by atoms with Crippen LogP contribution in [0.15, 0.2) is 18.3 Å². The van der Waals surface area contributed by atoms with Gasteiger partial charge in [-0.3, -0.25) is 4.79 Å². The summed E-state index contributed by atoms with van der Waals surface area (Å²) < 4.78 is 0. The van der Waals surface area contributed by atoms with Crippen LogP contribution in [0.1, 0.15) is 27.3 Å². The van der Waals surface area contributed by atoms with E-state index in [1.165, 1.54) is 9.78 Å². The first-order valence-electron chi connectivity index (χ1n) is 6.33. The van der Waals surface area contributed by atoms with Gasteiger partial charge >= 0.3 is 0 Å². The number of thiazole rings is 1. The summed E-state index contributed by atoms with van der Waals surface area (Å²) in [4.78, 5) is 18.7. The van der Waals surface area contributed by atoms with Gasteiger partial charge in [0.05, 0.1) is 6.54 Å². The Hall–Kier alpha value is -2.02. The summed E-state index contributed by atoms with van der Waals surface area (Å²) in [5.74, 6) is 0.477. The molecule has 0 fully saturated rings. The van der Waals surface area contributed by atoms with Gasteiger partial charge in [0.2, 0.25) is 0 Å². The third kappa shape index (κ3) is 3.51. The maximum Gasteiger partial charge on any atom is 0.273 e. The Kier molecular flexibility index (Phi) is 4.62. The van der Waals surface area contributed by atoms with Crippen molar-refractivity contribution in [2.75, 3.05) is 19.4 Å². The molecule has 1 N–H and O–H groups in total. The van der Waals surface area contributed by atoms with E-state index in [1.807, 2.05) is 6.20 Å². The Balaban J connectivity index is 1.95. The molecule has 0 spiro atoms. The van der Waals surface area contributed by atoms with Crippen molar-refractivity contribution in [3.63, 3.8) is 0 Å². The van der Waals surface area contributed by atoms with Crippen molar-refractivity contribution in [3.8, 4) is 0 Å². The number of aryl methyl sites for hydroxylation is 1. The lowest BCUT2D eigenvalue weighted by Crippen LogP contribution is -2.23. The molecule has 106 valence electrons. The summed E-state index contributed by atoms with van der Waals surface area (Å²) in [6.45, 7) is 2.72. The average Bonchev–Trinajstić information content (AvgIpc) is 2.93. The molecule has 2 heterocycles. The molecule has 1 amide bonds. The predicted molar refractivity (Wildman–Crippen MR) is 78.9 cm³/mol. The van der Waals surface area contributed by atoms with Crippen molar-refractivity contribution in [2.24, 2.45) is 0 Å². The molecule has 6 nitrogen and oxygen atoms in total. The fraction of sp³-hybridized carbons (Fsp3) is 0.385. The second-order valence-corrected chi connectivity index (χ2v) is 5.63. The first-order valence-corrected chi connectivity index (χ1v) is 7.14. The van der Waals surface area contributed by atoms with Crippen LogP contribution in [0.5, 0.6) is 0 Å². The van der Waals surface area contributed by atoms with Crippen LogP contribution >= 0.6 is 11.3 Å². The molecular formula is C13H17N5OS. The Labute approximate surface area is 121 Å². The maximum absolute atomic E-state index is 11.7. The fourth-order valence-electron chi connectivity index (χ4n) is 1.53. The van der Waals surface area contributed by atoms with Gasteiger partial charge in [0.1, 0.15) is 10.8 Å². The average molecular weight is 291 g/mol. The minimum absolute atomic E-state index is 0.156. The lowest BCUT2D eigenvalue weighted by Gasteiger charge is -2.09. The molecule has 2 rings (SSSR count). The summed E-state index contributed by atoms with van der Waals surface area (Å²) in [6.07, 6.45) is 2.89. The Morgan fingerprint density at radius 2 is 2.15 bits per heavy atom. The number of nitrogens with one attached hydrogen (secondary N) is 1. The zero-order valence-corrected chi connectivity index (χ0v) is 12.6. The van der Waals surface area contributed by atoms with Crippen LogP contribution in [-0.4, -0.2) is 40.1 Å². The molecule has 7 heteroatoms. The van der Waals surface area contributed by atoms with Crippen LogP contribution in [0.25, 0.3) is 0 Å². The van der Waals surface area contributed by atoms with Crippen molar-refractivity contribution in [2.45, 2.75) is 19.9 Å². The number of anilines is 1. The van der Waals surface area contributed by atoms with E-state index >= 15 is 0 Å². The monoisotopic (exact) mass is 291 g/mol. The second-order valence-electron chi connectivity index (χ2n) is 4.43. The van der Waals surface area contributed by atoms with Gasteiger partial charge in [0, 0.05) is 25.2 Å². The highest BCUT2D eigenvalue weighted by molar-refractivity contribution is 7.11. The molecule has 0 aromatic carbocycles. The number of carbonyl (C=O) groups is 1. The molecule has 0 radical (unpaired) electrons. The van der Waals surface area contributed by atoms with Crippen LogP contribution < -0.4 is 5.32 Å². The van der Waals surface area contributed by atoms with Gasteiger partial charge in [-0.25, -0.2) is 4.98 Å². The Morgan fingerprint density at radius 3 is 2.70 bits per heavy atom. The summed E-state index contributed by atoms with van der Waals surface area (Å²) in [5.41, 5.74) is 0.336. The molecule has 0 saturated carbocycles. The quantitative estimate of drug-likeness (QED) is 0.909. The van der Waals surface area contributed by atoms with Gasteiger partial charge in [0.25, 0.3) is 5.91 Å². The molecule has 2 aromatic heterocycles. The van der Waals surface area contributed by atoms with Crippen LogP contribution in [0.3, 0.4) is 0 Å². The highest BCUT2D eigenvalue weighted by Crippen LogP contribution is 2.14. The molecule has 0 unspecified atom stereocenters. The Morgan fingerprint density at radius 1 is 1.35 bits per heavy atom. The van der Waals surface area contributed by atoms with Crippen LogP contribution in [0.2, 0.25) is 0 Å². The number of hydrogen-bond acceptors (Lipinski definition) is 6. The molecule has 20 heavy (non-hydrogen) atoms. The van der Waals surface area contributed by atoms with Crippen molar-refractivity contribution in [1.29, 1.82) is 0 Å². The van der Waals surface area contributed by atoms with Crippen molar-refractivity contribution in [1.82, 2.24) is 20.1 Å². The summed E-state index contributed by atoms with van der Waals surface area (Å²) >= 11 is 1.68. The number of rotatable bonds is 5. The van der Waals surface area contributed by atoms with E-state index < -0.39 is 0 Å². The summed E-state index contributed by atoms with van der Waals surface area (Å²) in [6, 6.07) is 3.41. The molecule has 0 aliphatic heterocycles. The van der Waals surface area contributed by atoms with Crippen molar-refractivity contribution in [3.05, 3.63) is 33.9 Å². The lowest BCUT2D eigenvalue weighted by molar-refractivity contribution is 0.0821. The third-order valence-corrected chi connectivity index (χ3v) is 3.80. The van der Waals surface area contributed by atoms with Crippen LogP contribution in [0.4, 0.5) is 5.82 Å². The van der Waals surface area contributed by atoms with Gasteiger partial charge in [-0.2, -0.15) is 0 Å². The van der Waals surface area contributed by atoms with Crippen LogP contribution in [-0.2, 0) is 13.0 Å². The van der Waals surface area contributed by atoms with E-state index in [9.17, 15) is 4.79 Å². The minimum atomic E-state index is -0.156. The van der Waals surface area contributed by atoms with Gasteiger partial charge < -0.3 is 10.2 Å². The zero-order valence-electron chi connectivity index (χ0n) is 11.8. The number of amides is 1. The fourth-order valence-corrected chi connectivity index (χ4v) is 2.33.